The molecule has 0 bridgehead atoms. The lowest BCUT2D eigenvalue weighted by atomic mass is 10.4. The van der Waals surface area contributed by atoms with Crippen LogP contribution in [0.25, 0.3) is 0 Å². The van der Waals surface area contributed by atoms with Crippen molar-refractivity contribution in [3.05, 3.63) is 4.88 Å². The van der Waals surface area contributed by atoms with Crippen molar-refractivity contribution in [2.24, 2.45) is 0 Å². The number of rotatable bonds is 2. The minimum Gasteiger partial charge on any atom is -0.465 e. The van der Waals surface area contributed by atoms with E-state index in [1.807, 2.05) is 0 Å². The van der Waals surface area contributed by atoms with E-state index in [9.17, 15) is 13.2 Å². The molecule has 1 aromatic rings. The number of hydrogen-bond donors (Lipinski definition) is 1. The van der Waals surface area contributed by atoms with Crippen LogP contribution in [0.15, 0.2) is 5.03 Å². The van der Waals surface area contributed by atoms with Gasteiger partial charge in [0.2, 0.25) is 0 Å². The molecule has 0 unspecified atom stereocenters. The summed E-state index contributed by atoms with van der Waals surface area (Å²) in [5, 5.41) is -0.275. The van der Waals surface area contributed by atoms with Crippen LogP contribution >= 0.6 is 11.5 Å². The van der Waals surface area contributed by atoms with Gasteiger partial charge in [0.05, 0.1) is 12.8 Å². The summed E-state index contributed by atoms with van der Waals surface area (Å²) >= 11 is 0.707. The smallest absolute Gasteiger partial charge is 0.351 e. The van der Waals surface area contributed by atoms with Gasteiger partial charge in [-0.15, -0.1) is 0 Å². The number of esters is 1. The van der Waals surface area contributed by atoms with Crippen LogP contribution in [-0.2, 0) is 14.6 Å². The maximum Gasteiger partial charge on any atom is 0.351 e. The molecule has 0 saturated heterocycles. The minimum absolute atomic E-state index is 0.00734. The fraction of sp³-hybridized carbons (Fsp3) is 0.333. The van der Waals surface area contributed by atoms with Gasteiger partial charge in [-0.3, -0.25) is 0 Å². The molecule has 0 saturated carbocycles. The highest BCUT2D eigenvalue weighted by molar-refractivity contribution is 7.90. The van der Waals surface area contributed by atoms with Crippen LogP contribution in [0.5, 0.6) is 0 Å². The van der Waals surface area contributed by atoms with E-state index < -0.39 is 15.8 Å². The van der Waals surface area contributed by atoms with E-state index in [1.165, 1.54) is 7.11 Å². The summed E-state index contributed by atoms with van der Waals surface area (Å²) in [7, 11) is -2.31. The zero-order valence-electron chi connectivity index (χ0n) is 7.47. The number of nitrogens with zero attached hydrogens (tertiary/aromatic N) is 1. The number of nitrogens with two attached hydrogens (primary N) is 1. The first-order chi connectivity index (χ1) is 6.38. The summed E-state index contributed by atoms with van der Waals surface area (Å²) in [4.78, 5) is 11.1. The van der Waals surface area contributed by atoms with E-state index in [-0.39, 0.29) is 15.6 Å². The molecule has 0 fully saturated rings. The highest BCUT2D eigenvalue weighted by Crippen LogP contribution is 2.25. The second kappa shape index (κ2) is 3.54. The number of carbonyl (C=O) groups is 1. The van der Waals surface area contributed by atoms with Gasteiger partial charge in [-0.25, -0.2) is 13.2 Å². The number of hydrogen-bond acceptors (Lipinski definition) is 7. The first kappa shape index (κ1) is 10.9. The van der Waals surface area contributed by atoms with Gasteiger partial charge in [0.15, 0.2) is 19.7 Å². The van der Waals surface area contributed by atoms with Crippen LogP contribution in [0, 0.1) is 0 Å². The van der Waals surface area contributed by atoms with Crippen molar-refractivity contribution in [2.45, 2.75) is 5.03 Å². The largest absolute Gasteiger partial charge is 0.465 e. The van der Waals surface area contributed by atoms with Crippen LogP contribution in [-0.4, -0.2) is 32.1 Å². The molecule has 0 spiro atoms. The molecule has 0 aliphatic carbocycles. The van der Waals surface area contributed by atoms with E-state index in [1.54, 1.807) is 0 Å². The molecule has 2 N–H and O–H groups in total. The SMILES string of the molecule is COC(=O)c1snc(S(C)(=O)=O)c1N. The Hall–Kier alpha value is -1.15. The van der Waals surface area contributed by atoms with E-state index >= 15 is 0 Å². The lowest BCUT2D eigenvalue weighted by Crippen LogP contribution is -2.05. The third-order valence-electron chi connectivity index (χ3n) is 1.42. The van der Waals surface area contributed by atoms with Gasteiger partial charge < -0.3 is 10.5 Å². The van der Waals surface area contributed by atoms with Gasteiger partial charge in [-0.1, -0.05) is 0 Å². The molecule has 1 rings (SSSR count). The summed E-state index contributed by atoms with van der Waals surface area (Å²) in [6.07, 6.45) is 0.972. The van der Waals surface area contributed by atoms with Gasteiger partial charge in [-0.05, 0) is 11.5 Å². The van der Waals surface area contributed by atoms with Crippen molar-refractivity contribution in [1.82, 2.24) is 4.37 Å². The van der Waals surface area contributed by atoms with Crippen LogP contribution in [0.2, 0.25) is 0 Å². The van der Waals surface area contributed by atoms with E-state index in [2.05, 4.69) is 9.11 Å². The Kier molecular flexibility index (Phi) is 2.76. The maximum atomic E-state index is 11.1. The summed E-state index contributed by atoms with van der Waals surface area (Å²) in [5.74, 6) is -0.685. The van der Waals surface area contributed by atoms with Gasteiger partial charge in [0.25, 0.3) is 0 Å². The van der Waals surface area contributed by atoms with E-state index in [4.69, 9.17) is 5.73 Å². The maximum absolute atomic E-state index is 11.1. The number of nitrogen functional groups attached to an aromatic ring is 1. The number of carbonyl (C=O) groups excluding carboxylic acids is 1. The van der Waals surface area contributed by atoms with Gasteiger partial charge >= 0.3 is 5.97 Å². The first-order valence-corrected chi connectivity index (χ1v) is 6.08. The topological polar surface area (TPSA) is 99.3 Å². The second-order valence-electron chi connectivity index (χ2n) is 2.49. The van der Waals surface area contributed by atoms with Crippen molar-refractivity contribution >= 4 is 33.0 Å². The lowest BCUT2D eigenvalue weighted by molar-refractivity contribution is 0.0607. The standard InChI is InChI=1S/C6H8N2O4S2/c1-12-6(9)4-3(7)5(8-13-4)14(2,10)11/h7H2,1-2H3. The Labute approximate surface area is 84.8 Å². The van der Waals surface area contributed by atoms with Crippen LogP contribution in [0.4, 0.5) is 5.69 Å². The molecule has 1 heterocycles. The lowest BCUT2D eigenvalue weighted by Gasteiger charge is -1.96. The molecule has 78 valence electrons. The van der Waals surface area contributed by atoms with Crippen LogP contribution in [0.1, 0.15) is 9.67 Å². The van der Waals surface area contributed by atoms with Crippen molar-refractivity contribution in [3.8, 4) is 0 Å². The summed E-state index contributed by atoms with van der Waals surface area (Å²) in [6, 6.07) is 0. The molecule has 0 atom stereocenters. The fourth-order valence-corrected chi connectivity index (χ4v) is 2.63. The average molecular weight is 236 g/mol. The predicted octanol–water partition coefficient (Wildman–Crippen LogP) is -0.0846. The summed E-state index contributed by atoms with van der Waals surface area (Å²) in [6.45, 7) is 0. The minimum atomic E-state index is -3.49. The van der Waals surface area contributed by atoms with Crippen LogP contribution < -0.4 is 5.73 Å². The molecule has 0 aromatic carbocycles. The van der Waals surface area contributed by atoms with Crippen LogP contribution in [0.3, 0.4) is 0 Å². The normalized spacial score (nSPS) is 11.3. The van der Waals surface area contributed by atoms with Crippen molar-refractivity contribution < 1.29 is 17.9 Å². The molecular formula is C6H8N2O4S2. The Morgan fingerprint density at radius 3 is 2.50 bits per heavy atom. The molecule has 8 heteroatoms. The van der Waals surface area contributed by atoms with Gasteiger partial charge in [-0.2, -0.15) is 4.37 Å². The predicted molar refractivity (Wildman–Crippen MR) is 51.0 cm³/mol. The van der Waals surface area contributed by atoms with Gasteiger partial charge in [0.1, 0.15) is 0 Å². The third kappa shape index (κ3) is 1.85. The summed E-state index contributed by atoms with van der Waals surface area (Å²) in [5.41, 5.74) is 5.29. The quantitative estimate of drug-likeness (QED) is 0.721. The number of anilines is 1. The molecule has 0 amide bonds. The number of sulfone groups is 1. The molecule has 0 aliphatic rings. The Morgan fingerprint density at radius 2 is 2.14 bits per heavy atom. The number of ether oxygens (including phenoxy) is 1. The zero-order chi connectivity index (χ0) is 10.9. The fourth-order valence-electron chi connectivity index (χ4n) is 0.790. The molecule has 14 heavy (non-hydrogen) atoms. The van der Waals surface area contributed by atoms with Crippen molar-refractivity contribution in [3.63, 3.8) is 0 Å². The second-order valence-corrected chi connectivity index (χ2v) is 5.20. The Morgan fingerprint density at radius 1 is 1.57 bits per heavy atom. The highest BCUT2D eigenvalue weighted by Gasteiger charge is 2.23. The first-order valence-electron chi connectivity index (χ1n) is 3.41. The van der Waals surface area contributed by atoms with Gasteiger partial charge in [0, 0.05) is 6.26 Å². The van der Waals surface area contributed by atoms with E-state index in [0.29, 0.717) is 11.5 Å². The third-order valence-corrected chi connectivity index (χ3v) is 3.39. The number of methoxy groups -OCH3 is 1. The molecule has 0 aliphatic heterocycles. The highest BCUT2D eigenvalue weighted by atomic mass is 32.2. The Balaban J connectivity index is 3.29. The van der Waals surface area contributed by atoms with E-state index in [0.717, 1.165) is 6.26 Å². The Bertz CT molecular complexity index is 462. The summed E-state index contributed by atoms with van der Waals surface area (Å²) < 4.78 is 30.2. The molecule has 0 radical (unpaired) electrons. The monoisotopic (exact) mass is 236 g/mol. The molecular weight excluding hydrogens is 228 g/mol. The molecule has 6 nitrogen and oxygen atoms in total. The number of aromatic nitrogens is 1. The average Bonchev–Trinajstić information content (AvgIpc) is 2.45. The van der Waals surface area contributed by atoms with Crippen molar-refractivity contribution in [1.29, 1.82) is 0 Å². The zero-order valence-corrected chi connectivity index (χ0v) is 9.11. The van der Waals surface area contributed by atoms with Crippen molar-refractivity contribution in [2.75, 3.05) is 19.1 Å². The molecule has 1 aromatic heterocycles.